The van der Waals surface area contributed by atoms with Crippen LogP contribution >= 0.6 is 11.6 Å². The van der Waals surface area contributed by atoms with Crippen molar-refractivity contribution in [3.63, 3.8) is 0 Å². The quantitative estimate of drug-likeness (QED) is 0.511. The van der Waals surface area contributed by atoms with Gasteiger partial charge in [0.05, 0.1) is 5.00 Å². The van der Waals surface area contributed by atoms with E-state index in [-0.39, 0.29) is 5.00 Å². The second kappa shape index (κ2) is 6.75. The van der Waals surface area contributed by atoms with Gasteiger partial charge in [-0.05, 0) is 5.56 Å². The van der Waals surface area contributed by atoms with Gasteiger partial charge in [0, 0.05) is 0 Å². The molecule has 1 unspecified atom stereocenters. The lowest BCUT2D eigenvalue weighted by molar-refractivity contribution is 1.32. The predicted molar refractivity (Wildman–Crippen MR) is 94.3 cm³/mol. The van der Waals surface area contributed by atoms with Crippen molar-refractivity contribution in [3.8, 4) is 0 Å². The smallest absolute Gasteiger partial charge is 0.121 e. The minimum absolute atomic E-state index is 0.0519. The topological polar surface area (TPSA) is 0 Å². The van der Waals surface area contributed by atoms with Gasteiger partial charge in [-0.2, -0.15) is 0 Å². The zero-order valence-electron chi connectivity index (χ0n) is 11.7. The van der Waals surface area contributed by atoms with Crippen LogP contribution in [0.4, 0.5) is 0 Å². The van der Waals surface area contributed by atoms with Gasteiger partial charge in [0.1, 0.15) is 8.80 Å². The van der Waals surface area contributed by atoms with Crippen molar-refractivity contribution in [2.45, 2.75) is 5.00 Å². The first-order valence-electron chi connectivity index (χ1n) is 7.15. The molecule has 0 bridgehead atoms. The average Bonchev–Trinajstić information content (AvgIpc) is 2.58. The fraction of sp³-hybridized carbons (Fsp3) is 0.0526. The normalized spacial score (nSPS) is 12.3. The molecule has 0 aromatic heterocycles. The summed E-state index contributed by atoms with van der Waals surface area (Å²) in [6.45, 7) is 0. The van der Waals surface area contributed by atoms with Crippen molar-refractivity contribution in [1.29, 1.82) is 0 Å². The van der Waals surface area contributed by atoms with Crippen LogP contribution in [-0.4, -0.2) is 8.80 Å². The molecule has 0 spiro atoms. The Bertz CT molecular complexity index is 628. The molecular weight excluding hydrogens is 292 g/mol. The number of hydrogen-bond donors (Lipinski definition) is 0. The number of halogens is 1. The summed E-state index contributed by atoms with van der Waals surface area (Å²) in [4.78, 5) is 0. The molecule has 3 aromatic rings. The zero-order chi connectivity index (χ0) is 14.5. The highest BCUT2D eigenvalue weighted by molar-refractivity contribution is 6.90. The van der Waals surface area contributed by atoms with Gasteiger partial charge in [-0.3, -0.25) is 0 Å². The summed E-state index contributed by atoms with van der Waals surface area (Å²) in [7, 11) is -1.51. The van der Waals surface area contributed by atoms with Crippen molar-refractivity contribution < 1.29 is 0 Å². The Kier molecular flexibility index (Phi) is 4.54. The fourth-order valence-electron chi connectivity index (χ4n) is 2.68. The van der Waals surface area contributed by atoms with E-state index in [1.165, 1.54) is 15.9 Å². The van der Waals surface area contributed by atoms with E-state index >= 15 is 0 Å². The summed E-state index contributed by atoms with van der Waals surface area (Å²) in [5, 5.41) is 2.82. The van der Waals surface area contributed by atoms with Crippen LogP contribution in [-0.2, 0) is 0 Å². The third kappa shape index (κ3) is 3.26. The predicted octanol–water partition coefficient (Wildman–Crippen LogP) is 3.55. The molecule has 0 nitrogen and oxygen atoms in total. The molecule has 0 heterocycles. The van der Waals surface area contributed by atoms with Crippen molar-refractivity contribution in [1.82, 2.24) is 0 Å². The van der Waals surface area contributed by atoms with Crippen LogP contribution in [0.1, 0.15) is 10.6 Å². The Hall–Kier alpha value is -1.83. The Morgan fingerprint density at radius 1 is 0.571 bits per heavy atom. The summed E-state index contributed by atoms with van der Waals surface area (Å²) < 4.78 is 0. The first-order chi connectivity index (χ1) is 10.4. The maximum atomic E-state index is 6.90. The molecule has 0 aliphatic carbocycles. The molecule has 0 N–H and O–H groups in total. The molecule has 3 rings (SSSR count). The standard InChI is InChI=1S/C19H17ClSi/c20-19(16-10-4-1-5-11-16)21(17-12-6-2-7-13-17)18-14-8-3-9-15-18/h1-15,19,21H. The van der Waals surface area contributed by atoms with E-state index in [0.717, 1.165) is 0 Å². The molecule has 2 heteroatoms. The van der Waals surface area contributed by atoms with Crippen LogP contribution in [0, 0.1) is 0 Å². The Balaban J connectivity index is 2.05. The van der Waals surface area contributed by atoms with E-state index in [0.29, 0.717) is 0 Å². The van der Waals surface area contributed by atoms with Gasteiger partial charge < -0.3 is 0 Å². The third-order valence-electron chi connectivity index (χ3n) is 3.73. The van der Waals surface area contributed by atoms with Gasteiger partial charge in [-0.15, -0.1) is 11.6 Å². The first-order valence-corrected chi connectivity index (χ1v) is 9.41. The maximum absolute atomic E-state index is 6.90. The summed E-state index contributed by atoms with van der Waals surface area (Å²) in [6.07, 6.45) is 0. The summed E-state index contributed by atoms with van der Waals surface area (Å²) in [5.41, 5.74) is 1.21. The summed E-state index contributed by atoms with van der Waals surface area (Å²) in [6, 6.07) is 31.8. The number of alkyl halides is 1. The molecule has 0 aliphatic rings. The van der Waals surface area contributed by atoms with Crippen LogP contribution < -0.4 is 10.4 Å². The van der Waals surface area contributed by atoms with E-state index < -0.39 is 8.80 Å². The van der Waals surface area contributed by atoms with Crippen LogP contribution in [0.15, 0.2) is 91.0 Å². The molecule has 0 amide bonds. The van der Waals surface area contributed by atoms with E-state index in [2.05, 4.69) is 84.9 Å². The molecule has 0 radical (unpaired) electrons. The highest BCUT2D eigenvalue weighted by Gasteiger charge is 2.26. The van der Waals surface area contributed by atoms with E-state index in [1.54, 1.807) is 0 Å². The van der Waals surface area contributed by atoms with Crippen molar-refractivity contribution in [3.05, 3.63) is 96.6 Å². The fourth-order valence-corrected chi connectivity index (χ4v) is 6.64. The van der Waals surface area contributed by atoms with Crippen molar-refractivity contribution in [2.75, 3.05) is 0 Å². The molecule has 0 saturated carbocycles. The molecule has 21 heavy (non-hydrogen) atoms. The third-order valence-corrected chi connectivity index (χ3v) is 7.91. The van der Waals surface area contributed by atoms with Gasteiger partial charge in [0.2, 0.25) is 0 Å². The van der Waals surface area contributed by atoms with Crippen molar-refractivity contribution >= 4 is 30.8 Å². The molecule has 0 saturated heterocycles. The van der Waals surface area contributed by atoms with Gasteiger partial charge in [0.25, 0.3) is 0 Å². The molecule has 0 aliphatic heterocycles. The molecule has 3 aromatic carbocycles. The van der Waals surface area contributed by atoms with E-state index in [9.17, 15) is 0 Å². The van der Waals surface area contributed by atoms with Gasteiger partial charge in [-0.1, -0.05) is 101 Å². The zero-order valence-corrected chi connectivity index (χ0v) is 13.6. The summed E-state index contributed by atoms with van der Waals surface area (Å²) >= 11 is 6.90. The first kappa shape index (κ1) is 14.1. The van der Waals surface area contributed by atoms with Crippen molar-refractivity contribution in [2.24, 2.45) is 0 Å². The molecule has 0 fully saturated rings. The maximum Gasteiger partial charge on any atom is 0.126 e. The second-order valence-corrected chi connectivity index (χ2v) is 8.96. The number of rotatable bonds is 4. The lowest BCUT2D eigenvalue weighted by Gasteiger charge is -2.22. The minimum atomic E-state index is -1.51. The Morgan fingerprint density at radius 3 is 1.38 bits per heavy atom. The van der Waals surface area contributed by atoms with Crippen LogP contribution in [0.3, 0.4) is 0 Å². The summed E-state index contributed by atoms with van der Waals surface area (Å²) in [5.74, 6) is 0. The number of benzene rings is 3. The second-order valence-electron chi connectivity index (χ2n) is 5.11. The lowest BCUT2D eigenvalue weighted by atomic mass is 10.2. The van der Waals surface area contributed by atoms with Crippen LogP contribution in [0.5, 0.6) is 0 Å². The highest BCUT2D eigenvalue weighted by Crippen LogP contribution is 2.23. The largest absolute Gasteiger partial charge is 0.126 e. The van der Waals surface area contributed by atoms with Crippen LogP contribution in [0.2, 0.25) is 0 Å². The SMILES string of the molecule is ClC(c1ccccc1)[SiH](c1ccccc1)c1ccccc1. The Labute approximate surface area is 132 Å². The Morgan fingerprint density at radius 2 is 0.952 bits per heavy atom. The van der Waals surface area contributed by atoms with Crippen LogP contribution in [0.25, 0.3) is 0 Å². The minimum Gasteiger partial charge on any atom is -0.121 e. The number of hydrogen-bond acceptors (Lipinski definition) is 0. The molecule has 104 valence electrons. The lowest BCUT2D eigenvalue weighted by Crippen LogP contribution is -2.45. The van der Waals surface area contributed by atoms with Gasteiger partial charge >= 0.3 is 0 Å². The monoisotopic (exact) mass is 308 g/mol. The molecular formula is C19H17ClSi. The van der Waals surface area contributed by atoms with Gasteiger partial charge in [-0.25, -0.2) is 0 Å². The van der Waals surface area contributed by atoms with E-state index in [4.69, 9.17) is 11.6 Å². The highest BCUT2D eigenvalue weighted by atomic mass is 35.5. The van der Waals surface area contributed by atoms with Gasteiger partial charge in [0.15, 0.2) is 0 Å². The van der Waals surface area contributed by atoms with E-state index in [1.807, 2.05) is 6.07 Å². The average molecular weight is 309 g/mol. The molecule has 1 atom stereocenters.